The molecule has 0 aromatic rings. The average Bonchev–Trinajstić information content (AvgIpc) is 3.08. The molecule has 7 atom stereocenters. The number of Topliss-reactive ketones (excluding diaryl/α,β-unsaturated/α-hetero) is 1. The van der Waals surface area contributed by atoms with Gasteiger partial charge in [0, 0.05) is 19.3 Å². The Morgan fingerprint density at radius 1 is 0.933 bits per heavy atom. The SMILES string of the molecule is CC.CC.CC(=O)OC1CCC2(C)C(=CCC3C2CCC2(C)C(C(C)=O)CCC32)C1. The van der Waals surface area contributed by atoms with E-state index in [0.717, 1.165) is 43.9 Å². The third-order valence-electron chi connectivity index (χ3n) is 8.88. The molecule has 3 saturated carbocycles. The molecule has 0 bridgehead atoms. The Balaban J connectivity index is 0.000000757. The van der Waals surface area contributed by atoms with Crippen molar-refractivity contribution in [1.29, 1.82) is 0 Å². The molecule has 7 unspecified atom stereocenters. The number of allylic oxidation sites excluding steroid dienone is 1. The van der Waals surface area contributed by atoms with Gasteiger partial charge in [-0.3, -0.25) is 9.59 Å². The van der Waals surface area contributed by atoms with Crippen molar-refractivity contribution in [3.05, 3.63) is 11.6 Å². The second-order valence-electron chi connectivity index (χ2n) is 10.0. The van der Waals surface area contributed by atoms with Gasteiger partial charge in [0.15, 0.2) is 0 Å². The van der Waals surface area contributed by atoms with E-state index in [1.807, 2.05) is 27.7 Å². The second kappa shape index (κ2) is 10.0. The fourth-order valence-electron chi connectivity index (χ4n) is 7.63. The summed E-state index contributed by atoms with van der Waals surface area (Å²) < 4.78 is 5.53. The molecular weight excluding hydrogens is 372 g/mol. The zero-order valence-corrected chi connectivity index (χ0v) is 20.8. The van der Waals surface area contributed by atoms with Gasteiger partial charge in [0.25, 0.3) is 0 Å². The highest BCUT2D eigenvalue weighted by molar-refractivity contribution is 5.79. The lowest BCUT2D eigenvalue weighted by Crippen LogP contribution is -2.51. The fraction of sp³-hybridized carbons (Fsp3) is 0.852. The molecule has 0 N–H and O–H groups in total. The summed E-state index contributed by atoms with van der Waals surface area (Å²) in [6, 6.07) is 0. The van der Waals surface area contributed by atoms with E-state index >= 15 is 0 Å². The van der Waals surface area contributed by atoms with Crippen LogP contribution in [0.15, 0.2) is 11.6 Å². The minimum atomic E-state index is -0.150. The Morgan fingerprint density at radius 3 is 2.20 bits per heavy atom. The first kappa shape index (κ1) is 25.1. The molecule has 3 fully saturated rings. The Morgan fingerprint density at radius 2 is 1.60 bits per heavy atom. The molecule has 4 aliphatic carbocycles. The molecule has 3 nitrogen and oxygen atoms in total. The van der Waals surface area contributed by atoms with E-state index in [4.69, 9.17) is 4.74 Å². The van der Waals surface area contributed by atoms with Crippen molar-refractivity contribution >= 4 is 11.8 Å². The maximum absolute atomic E-state index is 12.2. The number of fused-ring (bicyclic) bond motifs is 5. The number of carbonyl (C=O) groups is 2. The highest BCUT2D eigenvalue weighted by Gasteiger charge is 2.59. The van der Waals surface area contributed by atoms with Crippen LogP contribution in [-0.2, 0) is 14.3 Å². The van der Waals surface area contributed by atoms with E-state index in [0.29, 0.717) is 11.7 Å². The third kappa shape index (κ3) is 4.28. The van der Waals surface area contributed by atoms with Gasteiger partial charge in [-0.15, -0.1) is 0 Å². The summed E-state index contributed by atoms with van der Waals surface area (Å²) in [4.78, 5) is 23.6. The van der Waals surface area contributed by atoms with E-state index in [1.54, 1.807) is 12.5 Å². The molecule has 0 spiro atoms. The standard InChI is InChI=1S/C23H34O3.2C2H6/c1-14(24)19-7-8-20-18-6-5-16-13-17(26-15(2)25)9-11-22(16,3)21(18)10-12-23(19,20)4;2*1-2/h5,17-21H,6-13H2,1-4H3;2*1-2H3. The van der Waals surface area contributed by atoms with Crippen molar-refractivity contribution in [2.24, 2.45) is 34.5 Å². The molecule has 30 heavy (non-hydrogen) atoms. The zero-order valence-electron chi connectivity index (χ0n) is 20.8. The van der Waals surface area contributed by atoms with Gasteiger partial charge in [-0.1, -0.05) is 53.2 Å². The molecule has 3 heteroatoms. The lowest BCUT2D eigenvalue weighted by atomic mass is 9.47. The molecule has 0 aromatic carbocycles. The minimum Gasteiger partial charge on any atom is -0.462 e. The summed E-state index contributed by atoms with van der Waals surface area (Å²) in [7, 11) is 0. The largest absolute Gasteiger partial charge is 0.462 e. The first-order valence-electron chi connectivity index (χ1n) is 12.6. The smallest absolute Gasteiger partial charge is 0.302 e. The summed E-state index contributed by atoms with van der Waals surface area (Å²) in [5, 5.41) is 0. The van der Waals surface area contributed by atoms with Gasteiger partial charge < -0.3 is 4.74 Å². The molecule has 4 aliphatic rings. The monoisotopic (exact) mass is 418 g/mol. The number of carbonyl (C=O) groups excluding carboxylic acids is 2. The summed E-state index contributed by atoms with van der Waals surface area (Å²) in [5.74, 6) is 2.72. The molecular formula is C27H46O3. The van der Waals surface area contributed by atoms with Crippen LogP contribution in [0.25, 0.3) is 0 Å². The number of hydrogen-bond donors (Lipinski definition) is 0. The second-order valence-corrected chi connectivity index (χ2v) is 10.0. The lowest BCUT2D eigenvalue weighted by Gasteiger charge is -2.58. The predicted octanol–water partition coefficient (Wildman–Crippen LogP) is 7.14. The van der Waals surface area contributed by atoms with Gasteiger partial charge in [0.2, 0.25) is 0 Å². The van der Waals surface area contributed by atoms with Crippen molar-refractivity contribution < 1.29 is 14.3 Å². The number of hydrogen-bond acceptors (Lipinski definition) is 3. The number of ketones is 1. The van der Waals surface area contributed by atoms with Crippen LogP contribution in [0, 0.1) is 34.5 Å². The van der Waals surface area contributed by atoms with Crippen LogP contribution in [0.2, 0.25) is 0 Å². The van der Waals surface area contributed by atoms with Crippen molar-refractivity contribution in [2.45, 2.75) is 113 Å². The Kier molecular flexibility index (Phi) is 8.38. The van der Waals surface area contributed by atoms with Gasteiger partial charge in [0.05, 0.1) is 0 Å². The van der Waals surface area contributed by atoms with Crippen LogP contribution in [-0.4, -0.2) is 17.9 Å². The van der Waals surface area contributed by atoms with Gasteiger partial charge in [0.1, 0.15) is 11.9 Å². The molecule has 0 saturated heterocycles. The van der Waals surface area contributed by atoms with Crippen molar-refractivity contribution in [2.75, 3.05) is 0 Å². The van der Waals surface area contributed by atoms with Crippen molar-refractivity contribution in [3.8, 4) is 0 Å². The Labute approximate surface area is 185 Å². The Bertz CT molecular complexity index is 650. The van der Waals surface area contributed by atoms with Crippen molar-refractivity contribution in [1.82, 2.24) is 0 Å². The first-order valence-corrected chi connectivity index (χ1v) is 12.6. The van der Waals surface area contributed by atoms with E-state index in [-0.39, 0.29) is 28.8 Å². The van der Waals surface area contributed by atoms with Gasteiger partial charge in [-0.2, -0.15) is 0 Å². The van der Waals surface area contributed by atoms with E-state index in [2.05, 4.69) is 19.9 Å². The van der Waals surface area contributed by atoms with Crippen LogP contribution in [0.5, 0.6) is 0 Å². The molecule has 0 aliphatic heterocycles. The average molecular weight is 419 g/mol. The number of rotatable bonds is 2. The third-order valence-corrected chi connectivity index (χ3v) is 8.88. The summed E-state index contributed by atoms with van der Waals surface area (Å²) >= 11 is 0. The molecule has 172 valence electrons. The molecule has 0 heterocycles. The van der Waals surface area contributed by atoms with Gasteiger partial charge >= 0.3 is 5.97 Å². The van der Waals surface area contributed by atoms with Crippen LogP contribution < -0.4 is 0 Å². The first-order chi connectivity index (χ1) is 14.3. The number of ether oxygens (including phenoxy) is 1. The fourth-order valence-corrected chi connectivity index (χ4v) is 7.63. The van der Waals surface area contributed by atoms with E-state index in [9.17, 15) is 9.59 Å². The van der Waals surface area contributed by atoms with E-state index < -0.39 is 0 Å². The minimum absolute atomic E-state index is 0.0748. The molecule has 4 rings (SSSR count). The van der Waals surface area contributed by atoms with Crippen LogP contribution >= 0.6 is 0 Å². The van der Waals surface area contributed by atoms with Crippen molar-refractivity contribution in [3.63, 3.8) is 0 Å². The highest BCUT2D eigenvalue weighted by Crippen LogP contribution is 2.66. The van der Waals surface area contributed by atoms with Crippen LogP contribution in [0.1, 0.15) is 107 Å². The summed E-state index contributed by atoms with van der Waals surface area (Å²) in [6.07, 6.45) is 11.6. The maximum atomic E-state index is 12.2. The maximum Gasteiger partial charge on any atom is 0.302 e. The molecule has 0 amide bonds. The summed E-state index contributed by atoms with van der Waals surface area (Å²) in [5.41, 5.74) is 2.04. The highest BCUT2D eigenvalue weighted by atomic mass is 16.5. The number of esters is 1. The molecule has 0 aromatic heterocycles. The lowest BCUT2D eigenvalue weighted by molar-refractivity contribution is -0.149. The topological polar surface area (TPSA) is 43.4 Å². The predicted molar refractivity (Wildman–Crippen MR) is 124 cm³/mol. The zero-order chi connectivity index (χ0) is 22.7. The van der Waals surface area contributed by atoms with Gasteiger partial charge in [-0.05, 0) is 80.5 Å². The molecule has 0 radical (unpaired) electrons. The summed E-state index contributed by atoms with van der Waals surface area (Å²) in [6.45, 7) is 16.2. The quantitative estimate of drug-likeness (QED) is 0.353. The van der Waals surface area contributed by atoms with Crippen LogP contribution in [0.4, 0.5) is 0 Å². The normalized spacial score (nSPS) is 41.3. The van der Waals surface area contributed by atoms with Gasteiger partial charge in [-0.25, -0.2) is 0 Å². The Hall–Kier alpha value is -1.12. The van der Waals surface area contributed by atoms with E-state index in [1.165, 1.54) is 26.2 Å². The van der Waals surface area contributed by atoms with Crippen LogP contribution in [0.3, 0.4) is 0 Å².